The monoisotopic (exact) mass is 1440 g/mol. The van der Waals surface area contributed by atoms with Gasteiger partial charge in [-0.1, -0.05) is 0 Å². The number of aliphatic hydroxyl groups is 23. The molecule has 1 unspecified atom stereocenters. The number of amides is 3. The van der Waals surface area contributed by atoms with Crippen molar-refractivity contribution >= 4 is 17.7 Å². The maximum Gasteiger partial charge on any atom is 0.217 e. The zero-order valence-electron chi connectivity index (χ0n) is 52.4. The average Bonchev–Trinajstić information content (AvgIpc) is 0.771. The first-order chi connectivity index (χ1) is 46.3. The molecular weight excluding hydrogens is 1350 g/mol. The van der Waals surface area contributed by atoms with Crippen molar-refractivity contribution in [1.82, 2.24) is 16.0 Å². The van der Waals surface area contributed by atoms with Crippen molar-refractivity contribution in [1.29, 1.82) is 0 Å². The van der Waals surface area contributed by atoms with Crippen LogP contribution >= 0.6 is 0 Å². The summed E-state index contributed by atoms with van der Waals surface area (Å²) in [5.41, 5.74) is 0. The van der Waals surface area contributed by atoms with Crippen molar-refractivity contribution in [2.75, 3.05) is 52.9 Å². The third kappa shape index (κ3) is 17.6. The van der Waals surface area contributed by atoms with Crippen LogP contribution in [0.2, 0.25) is 0 Å². The number of ether oxygens (including phenoxy) is 15. The van der Waals surface area contributed by atoms with Gasteiger partial charge in [-0.15, -0.1) is 0 Å². The molecule has 8 aliphatic rings. The highest BCUT2D eigenvalue weighted by molar-refractivity contribution is 5.74. The van der Waals surface area contributed by atoms with Crippen LogP contribution in [0, 0.1) is 0 Å². The predicted octanol–water partition coefficient (Wildman–Crippen LogP) is -18.0. The Balaban J connectivity index is 1.14. The van der Waals surface area contributed by atoms with Crippen molar-refractivity contribution in [2.45, 2.75) is 266 Å². The first-order valence-electron chi connectivity index (χ1n) is 31.1. The summed E-state index contributed by atoms with van der Waals surface area (Å²) in [6, 6.07) is -5.26. The fourth-order valence-electron chi connectivity index (χ4n) is 12.5. The van der Waals surface area contributed by atoms with Crippen LogP contribution in [0.3, 0.4) is 0 Å². The Morgan fingerprint density at radius 2 is 0.561 bits per heavy atom. The molecule has 44 nitrogen and oxygen atoms in total. The number of hydrogen-bond acceptors (Lipinski definition) is 41. The summed E-state index contributed by atoms with van der Waals surface area (Å²) < 4.78 is 87.4. The zero-order chi connectivity index (χ0) is 72.2. The minimum atomic E-state index is -2.50. The van der Waals surface area contributed by atoms with E-state index in [2.05, 4.69) is 16.0 Å². The molecule has 568 valence electrons. The Kier molecular flexibility index (Phi) is 28.9. The van der Waals surface area contributed by atoms with Crippen LogP contribution < -0.4 is 16.0 Å². The van der Waals surface area contributed by atoms with E-state index in [0.29, 0.717) is 0 Å². The summed E-state index contributed by atoms with van der Waals surface area (Å²) in [6.45, 7) is -5.32. The normalized spacial score (nSPS) is 49.5. The lowest BCUT2D eigenvalue weighted by molar-refractivity contribution is -0.396. The molecule has 44 heteroatoms. The van der Waals surface area contributed by atoms with Gasteiger partial charge in [0.1, 0.15) is 195 Å². The molecule has 0 radical (unpaired) electrons. The van der Waals surface area contributed by atoms with Crippen molar-refractivity contribution in [3.8, 4) is 0 Å². The molecule has 98 heavy (non-hydrogen) atoms. The second-order valence-electron chi connectivity index (χ2n) is 24.7. The van der Waals surface area contributed by atoms with E-state index >= 15 is 0 Å². The SMILES string of the molecule is CC(=O)N[C@H]1[C@H](O[C@H]2[C@H](O)[C@@H](NC(C)=O)C(O)O[C@@H]2CO)O[C@H](CO)[C@@H](O[C@@H]2O[C@H](CO[C@H]3O[C@H](CO[C@H]4O[C@H](CO)[C@@H](O)[C@H](O)[C@@H]4O)[C@@H](O)[C@H](O[C@H]4O[C@H](CO)[C@@H](O)[C@H](O)[C@@H]4O)[C@@H]3O)[C@@H](O)[C@H](O[C@H]3O[C@H](CO)[C@@H](O)[C@H](O)[C@@H]3O[C@H]3O[C@H](CO)[C@@H](O)[C@H](O)[C@H]3NC(C)=O)[C@@H]2O)[C@@H]1O. The van der Waals surface area contributed by atoms with Crippen LogP contribution in [-0.4, -0.2) is 433 Å². The van der Waals surface area contributed by atoms with Crippen LogP contribution in [0.5, 0.6) is 0 Å². The third-order valence-corrected chi connectivity index (χ3v) is 17.8. The van der Waals surface area contributed by atoms with Gasteiger partial charge in [0.05, 0.1) is 52.9 Å². The lowest BCUT2D eigenvalue weighted by atomic mass is 9.94. The average molecular weight is 1440 g/mol. The Morgan fingerprint density at radius 1 is 0.265 bits per heavy atom. The molecule has 8 fully saturated rings. The van der Waals surface area contributed by atoms with Gasteiger partial charge in [-0.3, -0.25) is 14.4 Å². The van der Waals surface area contributed by atoms with Crippen LogP contribution in [0.1, 0.15) is 20.8 Å². The summed E-state index contributed by atoms with van der Waals surface area (Å²) in [4.78, 5) is 37.4. The molecule has 3 amide bonds. The second-order valence-corrected chi connectivity index (χ2v) is 24.7. The lowest BCUT2D eigenvalue weighted by Crippen LogP contribution is -2.70. The van der Waals surface area contributed by atoms with Crippen LogP contribution in [0.4, 0.5) is 0 Å². The van der Waals surface area contributed by atoms with E-state index in [1.54, 1.807) is 0 Å². The number of hydrogen-bond donors (Lipinski definition) is 26. The summed E-state index contributed by atoms with van der Waals surface area (Å²) in [5.74, 6) is -2.54. The van der Waals surface area contributed by atoms with E-state index in [0.717, 1.165) is 20.8 Å². The van der Waals surface area contributed by atoms with E-state index in [9.17, 15) is 132 Å². The minimum absolute atomic E-state index is 0.769. The van der Waals surface area contributed by atoms with Crippen molar-refractivity contribution in [2.24, 2.45) is 0 Å². The highest BCUT2D eigenvalue weighted by Crippen LogP contribution is 2.38. The van der Waals surface area contributed by atoms with E-state index in [-0.39, 0.29) is 0 Å². The molecular formula is C54H91N3O41. The third-order valence-electron chi connectivity index (χ3n) is 17.8. The standard InChI is InChI=1S/C54H91N3O41/c1-12(64)55-23-33(74)42(19(8-62)86-47(23)83)94-49-25(57-14(3)66)34(75)43(20(9-63)91-49)95-53-41(82)45(97-54-46(37(78)29(70)18(7-61)90-54)98-48-24(56-13(2)65)32(73)26(67)15(4-58)87-48)31(72)22(93-53)11-85-51-40(81)44(96-52-39(80)36(77)28(69)17(6-60)89-52)30(71)21(92-51)10-84-50-38(79)35(76)27(68)16(5-59)88-50/h15-54,58-63,67-83H,4-11H2,1-3H3,(H,55,64)(H,56,65)(H,57,66)/t15-,16-,17-,18-,19-,20-,21-,22-,23-,24-,25-,26-,27-,28-,29-,30-,31-,32-,33-,34-,35+,36+,37+,38+,39+,40+,41+,42-,43-,44+,45+,46+,47?,48-,49+,50+,51+,52-,53+,54-/m1/s1. The molecule has 0 aliphatic carbocycles. The van der Waals surface area contributed by atoms with Crippen molar-refractivity contribution in [3.63, 3.8) is 0 Å². The summed E-state index contributed by atoms with van der Waals surface area (Å²) in [7, 11) is 0. The highest BCUT2D eigenvalue weighted by atomic mass is 16.8. The van der Waals surface area contributed by atoms with Gasteiger partial charge < -0.3 is 204 Å². The Labute approximate surface area is 554 Å². The molecule has 0 aromatic rings. The molecule has 0 spiro atoms. The first-order valence-corrected chi connectivity index (χ1v) is 31.1. The van der Waals surface area contributed by atoms with Crippen molar-refractivity contribution < 1.29 is 203 Å². The van der Waals surface area contributed by atoms with Gasteiger partial charge in [0.25, 0.3) is 0 Å². The van der Waals surface area contributed by atoms with Gasteiger partial charge >= 0.3 is 0 Å². The number of carbonyl (C=O) groups excluding carboxylic acids is 3. The van der Waals surface area contributed by atoms with Crippen LogP contribution in [-0.2, 0) is 85.4 Å². The summed E-state index contributed by atoms with van der Waals surface area (Å²) >= 11 is 0. The molecule has 26 N–H and O–H groups in total. The number of rotatable bonds is 25. The van der Waals surface area contributed by atoms with Gasteiger partial charge in [0, 0.05) is 20.8 Å². The van der Waals surface area contributed by atoms with Gasteiger partial charge in [-0.05, 0) is 0 Å². The van der Waals surface area contributed by atoms with Gasteiger partial charge in [0.2, 0.25) is 17.7 Å². The van der Waals surface area contributed by atoms with E-state index in [1.165, 1.54) is 0 Å². The quantitative estimate of drug-likeness (QED) is 0.0404. The Hall–Kier alpha value is -3.11. The molecule has 8 saturated heterocycles. The fourth-order valence-corrected chi connectivity index (χ4v) is 12.5. The predicted molar refractivity (Wildman–Crippen MR) is 299 cm³/mol. The first kappa shape index (κ1) is 80.6. The molecule has 40 atom stereocenters. The largest absolute Gasteiger partial charge is 0.394 e. The molecule has 0 aromatic carbocycles. The topological polar surface area (TPSA) is 691 Å². The maximum atomic E-state index is 12.9. The number of carbonyl (C=O) groups is 3. The molecule has 0 bridgehead atoms. The fraction of sp³-hybridized carbons (Fsp3) is 0.944. The van der Waals surface area contributed by atoms with Crippen LogP contribution in [0.15, 0.2) is 0 Å². The Bertz CT molecular complexity index is 2510. The van der Waals surface area contributed by atoms with E-state index in [4.69, 9.17) is 71.1 Å². The molecule has 8 aliphatic heterocycles. The Morgan fingerprint density at radius 3 is 1.04 bits per heavy atom. The second kappa shape index (κ2) is 35.1. The number of aliphatic hydroxyl groups excluding tert-OH is 23. The number of nitrogens with one attached hydrogen (secondary N) is 3. The summed E-state index contributed by atoms with van der Waals surface area (Å²) in [5, 5.41) is 259. The maximum absolute atomic E-state index is 12.9. The van der Waals surface area contributed by atoms with Gasteiger partial charge in [-0.25, -0.2) is 0 Å². The van der Waals surface area contributed by atoms with Gasteiger partial charge in [-0.2, -0.15) is 0 Å². The van der Waals surface area contributed by atoms with Gasteiger partial charge in [0.15, 0.2) is 50.3 Å². The minimum Gasteiger partial charge on any atom is -0.394 e. The van der Waals surface area contributed by atoms with Crippen molar-refractivity contribution in [3.05, 3.63) is 0 Å². The lowest BCUT2D eigenvalue weighted by Gasteiger charge is -2.51. The van der Waals surface area contributed by atoms with E-state index < -0.39 is 316 Å². The zero-order valence-corrected chi connectivity index (χ0v) is 52.4. The smallest absolute Gasteiger partial charge is 0.217 e. The molecule has 0 aromatic heterocycles. The molecule has 8 rings (SSSR count). The van der Waals surface area contributed by atoms with E-state index in [1.807, 2.05) is 0 Å². The molecule has 0 saturated carbocycles. The van der Waals surface area contributed by atoms with Crippen LogP contribution in [0.25, 0.3) is 0 Å². The molecule has 8 heterocycles. The highest BCUT2D eigenvalue weighted by Gasteiger charge is 2.59. The summed E-state index contributed by atoms with van der Waals surface area (Å²) in [6.07, 6.45) is -75.7.